The largest absolute Gasteiger partial charge is 0.309 e. The summed E-state index contributed by atoms with van der Waals surface area (Å²) in [4.78, 5) is 2.37. The zero-order valence-corrected chi connectivity index (χ0v) is 14.8. The Morgan fingerprint density at radius 3 is 1.47 bits per heavy atom. The van der Waals surface area contributed by atoms with Crippen molar-refractivity contribution in [2.45, 2.75) is 67.7 Å². The smallest absolute Gasteiger partial charge is 0.00379 e. The lowest BCUT2D eigenvalue weighted by molar-refractivity contribution is 0.189. The van der Waals surface area contributed by atoms with Gasteiger partial charge in [-0.1, -0.05) is 59.6 Å². The molecule has 0 aliphatic heterocycles. The summed E-state index contributed by atoms with van der Waals surface area (Å²) in [6.45, 7) is 17.9. The number of hydrogen-bond donors (Lipinski definition) is 0. The molecule has 0 unspecified atom stereocenters. The molecular formula is C18H35N. The average Bonchev–Trinajstić information content (AvgIpc) is 2.56. The van der Waals surface area contributed by atoms with Crippen LogP contribution in [0, 0.1) is 16.2 Å². The zero-order valence-electron chi connectivity index (χ0n) is 14.8. The maximum absolute atomic E-state index is 2.38. The summed E-state index contributed by atoms with van der Waals surface area (Å²) in [5.41, 5.74) is 4.54. The first kappa shape index (κ1) is 16.8. The van der Waals surface area contributed by atoms with Crippen LogP contribution in [-0.2, 0) is 0 Å². The topological polar surface area (TPSA) is 3.24 Å². The van der Waals surface area contributed by atoms with E-state index in [1.54, 1.807) is 11.1 Å². The number of rotatable bonds is 3. The van der Waals surface area contributed by atoms with Gasteiger partial charge in [0.15, 0.2) is 0 Å². The lowest BCUT2D eigenvalue weighted by atomic mass is 9.76. The standard InChI is InChI=1S/C18H35N/c1-10-18(13-19(8)9)11-14(16(2,3)4)15(12-18)17(5,6)7/h10-13H2,1-9H3. The van der Waals surface area contributed by atoms with E-state index in [0.29, 0.717) is 16.2 Å². The van der Waals surface area contributed by atoms with Crippen LogP contribution in [0.25, 0.3) is 0 Å². The molecule has 0 spiro atoms. The third-order valence-electron chi connectivity index (χ3n) is 4.68. The maximum Gasteiger partial charge on any atom is 0.00379 e. The Morgan fingerprint density at radius 1 is 0.895 bits per heavy atom. The predicted molar refractivity (Wildman–Crippen MR) is 86.4 cm³/mol. The molecule has 0 atom stereocenters. The molecule has 1 aliphatic rings. The van der Waals surface area contributed by atoms with Gasteiger partial charge in [-0.25, -0.2) is 0 Å². The van der Waals surface area contributed by atoms with Gasteiger partial charge in [-0.2, -0.15) is 0 Å². The molecule has 19 heavy (non-hydrogen) atoms. The van der Waals surface area contributed by atoms with Crippen LogP contribution in [0.1, 0.15) is 67.7 Å². The summed E-state index contributed by atoms with van der Waals surface area (Å²) < 4.78 is 0. The second kappa shape index (κ2) is 5.24. The van der Waals surface area contributed by atoms with Crippen LogP contribution in [0.3, 0.4) is 0 Å². The van der Waals surface area contributed by atoms with Gasteiger partial charge in [0.1, 0.15) is 0 Å². The lowest BCUT2D eigenvalue weighted by Crippen LogP contribution is -2.32. The first-order valence-corrected chi connectivity index (χ1v) is 7.79. The van der Waals surface area contributed by atoms with Crippen LogP contribution in [0.2, 0.25) is 0 Å². The van der Waals surface area contributed by atoms with Crippen LogP contribution in [0.4, 0.5) is 0 Å². The Kier molecular flexibility index (Phi) is 4.62. The van der Waals surface area contributed by atoms with Gasteiger partial charge >= 0.3 is 0 Å². The third kappa shape index (κ3) is 3.84. The second-order valence-corrected chi connectivity index (χ2v) is 8.90. The van der Waals surface area contributed by atoms with Crippen LogP contribution in [-0.4, -0.2) is 25.5 Å². The van der Waals surface area contributed by atoms with Crippen molar-refractivity contribution >= 4 is 0 Å². The third-order valence-corrected chi connectivity index (χ3v) is 4.68. The molecule has 0 bridgehead atoms. The minimum atomic E-state index is 0.311. The molecule has 112 valence electrons. The molecule has 0 aromatic heterocycles. The highest BCUT2D eigenvalue weighted by atomic mass is 15.1. The highest BCUT2D eigenvalue weighted by molar-refractivity contribution is 5.33. The first-order valence-electron chi connectivity index (χ1n) is 7.79. The Bertz CT molecular complexity index is 321. The van der Waals surface area contributed by atoms with Gasteiger partial charge in [0.05, 0.1) is 0 Å². The fourth-order valence-corrected chi connectivity index (χ4v) is 3.61. The van der Waals surface area contributed by atoms with Crippen molar-refractivity contribution in [1.29, 1.82) is 0 Å². The van der Waals surface area contributed by atoms with Crippen LogP contribution < -0.4 is 0 Å². The summed E-state index contributed by atoms with van der Waals surface area (Å²) in [6.07, 6.45) is 3.86. The average molecular weight is 265 g/mol. The fraction of sp³-hybridized carbons (Fsp3) is 0.889. The number of allylic oxidation sites excluding steroid dienone is 2. The molecule has 1 aliphatic carbocycles. The van der Waals surface area contributed by atoms with E-state index in [9.17, 15) is 0 Å². The normalized spacial score (nSPS) is 20.5. The lowest BCUT2D eigenvalue weighted by Gasteiger charge is -2.33. The van der Waals surface area contributed by atoms with Crippen LogP contribution in [0.5, 0.6) is 0 Å². The Hall–Kier alpha value is -0.300. The van der Waals surface area contributed by atoms with E-state index in [1.165, 1.54) is 25.8 Å². The predicted octanol–water partition coefficient (Wildman–Crippen LogP) is 5.13. The maximum atomic E-state index is 2.38. The molecule has 1 nitrogen and oxygen atoms in total. The SMILES string of the molecule is CCC1(CN(C)C)CC(C(C)(C)C)=C(C(C)(C)C)C1. The van der Waals surface area contributed by atoms with Crippen molar-refractivity contribution in [2.24, 2.45) is 16.2 Å². The summed E-state index contributed by atoms with van der Waals surface area (Å²) in [7, 11) is 4.42. The molecule has 0 aromatic carbocycles. The summed E-state index contributed by atoms with van der Waals surface area (Å²) in [6, 6.07) is 0. The van der Waals surface area contributed by atoms with Gasteiger partial charge in [-0.05, 0) is 49.6 Å². The van der Waals surface area contributed by atoms with Crippen LogP contribution in [0.15, 0.2) is 11.1 Å². The monoisotopic (exact) mass is 265 g/mol. The minimum absolute atomic E-state index is 0.311. The van der Waals surface area contributed by atoms with Gasteiger partial charge in [-0.15, -0.1) is 0 Å². The number of hydrogen-bond acceptors (Lipinski definition) is 1. The van der Waals surface area contributed by atoms with Gasteiger partial charge in [0.2, 0.25) is 0 Å². The number of nitrogens with zero attached hydrogens (tertiary/aromatic N) is 1. The molecule has 0 N–H and O–H groups in total. The van der Waals surface area contributed by atoms with E-state index < -0.39 is 0 Å². The quantitative estimate of drug-likeness (QED) is 0.640. The molecule has 1 rings (SSSR count). The highest BCUT2D eigenvalue weighted by Crippen LogP contribution is 2.54. The van der Waals surface area contributed by atoms with Crippen molar-refractivity contribution in [3.8, 4) is 0 Å². The van der Waals surface area contributed by atoms with Crippen molar-refractivity contribution in [2.75, 3.05) is 20.6 Å². The Balaban J connectivity index is 3.16. The minimum Gasteiger partial charge on any atom is -0.309 e. The molecule has 0 heterocycles. The molecule has 0 saturated heterocycles. The molecule has 0 saturated carbocycles. The fourth-order valence-electron chi connectivity index (χ4n) is 3.61. The summed E-state index contributed by atoms with van der Waals surface area (Å²) in [5, 5.41) is 0. The Morgan fingerprint density at radius 2 is 1.26 bits per heavy atom. The molecule has 0 aromatic rings. The molecule has 0 radical (unpaired) electrons. The van der Waals surface area contributed by atoms with Gasteiger partial charge in [0, 0.05) is 6.54 Å². The van der Waals surface area contributed by atoms with Crippen molar-refractivity contribution < 1.29 is 0 Å². The van der Waals surface area contributed by atoms with E-state index >= 15 is 0 Å². The Labute approximate surface area is 121 Å². The van der Waals surface area contributed by atoms with E-state index in [1.807, 2.05) is 0 Å². The van der Waals surface area contributed by atoms with Gasteiger partial charge < -0.3 is 4.90 Å². The van der Waals surface area contributed by atoms with Crippen LogP contribution >= 0.6 is 0 Å². The summed E-state index contributed by atoms with van der Waals surface area (Å²) in [5.74, 6) is 0. The van der Waals surface area contributed by atoms with E-state index in [4.69, 9.17) is 0 Å². The van der Waals surface area contributed by atoms with E-state index in [0.717, 1.165) is 0 Å². The van der Waals surface area contributed by atoms with Crippen molar-refractivity contribution in [3.63, 3.8) is 0 Å². The van der Waals surface area contributed by atoms with Crippen molar-refractivity contribution in [3.05, 3.63) is 11.1 Å². The highest BCUT2D eigenvalue weighted by Gasteiger charge is 2.43. The zero-order chi connectivity index (χ0) is 15.1. The van der Waals surface area contributed by atoms with E-state index in [2.05, 4.69) is 67.5 Å². The molecule has 0 amide bonds. The van der Waals surface area contributed by atoms with Gasteiger partial charge in [-0.3, -0.25) is 0 Å². The van der Waals surface area contributed by atoms with E-state index in [-0.39, 0.29) is 0 Å². The molecule has 1 heteroatoms. The van der Waals surface area contributed by atoms with Crippen molar-refractivity contribution in [1.82, 2.24) is 4.90 Å². The molecule has 0 fully saturated rings. The summed E-state index contributed by atoms with van der Waals surface area (Å²) >= 11 is 0. The second-order valence-electron chi connectivity index (χ2n) is 8.90. The molecular weight excluding hydrogens is 230 g/mol. The first-order chi connectivity index (χ1) is 8.41. The van der Waals surface area contributed by atoms with Gasteiger partial charge in [0.25, 0.3) is 0 Å².